The molecule has 0 fully saturated rings. The highest BCUT2D eigenvalue weighted by atomic mass is 16.5. The Bertz CT molecular complexity index is 494. The normalized spacial score (nSPS) is 20.7. The van der Waals surface area contributed by atoms with Crippen molar-refractivity contribution in [3.8, 4) is 0 Å². The van der Waals surface area contributed by atoms with E-state index in [0.29, 0.717) is 5.76 Å². The van der Waals surface area contributed by atoms with Gasteiger partial charge in [-0.05, 0) is 34.3 Å². The quantitative estimate of drug-likeness (QED) is 0.599. The van der Waals surface area contributed by atoms with Crippen molar-refractivity contribution >= 4 is 5.97 Å². The number of carbonyl (C=O) groups excluding carboxylic acids is 1. The Balaban J connectivity index is 3.22. The number of hydrogen-bond acceptors (Lipinski definition) is 3. The van der Waals surface area contributed by atoms with E-state index in [0.717, 1.165) is 17.6 Å². The minimum Gasteiger partial charge on any atom is -0.508 e. The average molecular weight is 292 g/mol. The fourth-order valence-electron chi connectivity index (χ4n) is 2.51. The van der Waals surface area contributed by atoms with Gasteiger partial charge >= 0.3 is 5.97 Å². The maximum absolute atomic E-state index is 11.3. The van der Waals surface area contributed by atoms with E-state index in [-0.39, 0.29) is 22.7 Å². The maximum atomic E-state index is 11.3. The fraction of sp³-hybridized carbons (Fsp3) is 0.611. The van der Waals surface area contributed by atoms with E-state index in [2.05, 4.69) is 52.4 Å². The molecule has 3 heteroatoms. The van der Waals surface area contributed by atoms with Crippen LogP contribution in [0.25, 0.3) is 0 Å². The lowest BCUT2D eigenvalue weighted by Gasteiger charge is -2.35. The number of hydrogen-bond donors (Lipinski definition) is 1. The van der Waals surface area contributed by atoms with Crippen molar-refractivity contribution in [1.82, 2.24) is 0 Å². The van der Waals surface area contributed by atoms with Crippen molar-refractivity contribution in [2.75, 3.05) is 7.11 Å². The molecule has 118 valence electrons. The zero-order chi connectivity index (χ0) is 16.4. The first kappa shape index (κ1) is 17.5. The first-order valence-electron chi connectivity index (χ1n) is 7.38. The Morgan fingerprint density at radius 3 is 2.24 bits per heavy atom. The van der Waals surface area contributed by atoms with E-state index in [1.165, 1.54) is 13.2 Å². The van der Waals surface area contributed by atoms with Crippen LogP contribution >= 0.6 is 0 Å². The summed E-state index contributed by atoms with van der Waals surface area (Å²) in [5, 5.41) is 10.6. The summed E-state index contributed by atoms with van der Waals surface area (Å²) in [6.07, 6.45) is 6.10. The summed E-state index contributed by atoms with van der Waals surface area (Å²) < 4.78 is 4.64. The number of methoxy groups -OCH3 is 1. The van der Waals surface area contributed by atoms with Crippen LogP contribution in [-0.4, -0.2) is 18.2 Å². The van der Waals surface area contributed by atoms with E-state index in [1.807, 2.05) is 6.08 Å². The molecule has 0 aromatic rings. The smallest absolute Gasteiger partial charge is 0.330 e. The highest BCUT2D eigenvalue weighted by molar-refractivity contribution is 5.81. The fourth-order valence-corrected chi connectivity index (χ4v) is 2.51. The molecule has 0 aromatic carbocycles. The van der Waals surface area contributed by atoms with Crippen LogP contribution in [0.5, 0.6) is 0 Å². The van der Waals surface area contributed by atoms with Gasteiger partial charge in [0.2, 0.25) is 0 Å². The van der Waals surface area contributed by atoms with Crippen molar-refractivity contribution < 1.29 is 14.6 Å². The summed E-state index contributed by atoms with van der Waals surface area (Å²) in [5.41, 5.74) is 1.73. The number of carbonyl (C=O) groups is 1. The van der Waals surface area contributed by atoms with Crippen molar-refractivity contribution in [2.24, 2.45) is 16.7 Å². The Hall–Kier alpha value is -1.51. The summed E-state index contributed by atoms with van der Waals surface area (Å²) in [4.78, 5) is 11.3. The van der Waals surface area contributed by atoms with Gasteiger partial charge in [-0.1, -0.05) is 53.7 Å². The van der Waals surface area contributed by atoms with E-state index in [9.17, 15) is 9.90 Å². The number of ether oxygens (including phenoxy) is 1. The van der Waals surface area contributed by atoms with E-state index >= 15 is 0 Å². The molecule has 0 aliphatic heterocycles. The first-order chi connectivity index (χ1) is 9.46. The lowest BCUT2D eigenvalue weighted by Crippen LogP contribution is -2.24. The van der Waals surface area contributed by atoms with Gasteiger partial charge in [0.15, 0.2) is 0 Å². The van der Waals surface area contributed by atoms with Gasteiger partial charge < -0.3 is 9.84 Å². The van der Waals surface area contributed by atoms with Crippen LogP contribution in [0, 0.1) is 16.7 Å². The third-order valence-corrected chi connectivity index (χ3v) is 3.76. The molecule has 1 atom stereocenters. The predicted molar refractivity (Wildman–Crippen MR) is 85.9 cm³/mol. The molecule has 1 aliphatic carbocycles. The Morgan fingerprint density at radius 1 is 1.24 bits per heavy atom. The highest BCUT2D eigenvalue weighted by Crippen LogP contribution is 2.44. The van der Waals surface area contributed by atoms with Crippen LogP contribution in [0.4, 0.5) is 0 Å². The molecule has 0 saturated heterocycles. The van der Waals surface area contributed by atoms with Crippen LogP contribution in [0.1, 0.15) is 48.0 Å². The van der Waals surface area contributed by atoms with Gasteiger partial charge in [-0.15, -0.1) is 0 Å². The molecule has 0 amide bonds. The summed E-state index contributed by atoms with van der Waals surface area (Å²) in [7, 11) is 1.37. The first-order valence-corrected chi connectivity index (χ1v) is 7.38. The molecule has 0 heterocycles. The predicted octanol–water partition coefficient (Wildman–Crippen LogP) is 4.57. The monoisotopic (exact) mass is 292 g/mol. The molecule has 21 heavy (non-hydrogen) atoms. The molecule has 1 rings (SSSR count). The van der Waals surface area contributed by atoms with Crippen molar-refractivity contribution in [3.05, 3.63) is 35.1 Å². The zero-order valence-electron chi connectivity index (χ0n) is 14.3. The van der Waals surface area contributed by atoms with Crippen LogP contribution in [0.3, 0.4) is 0 Å². The van der Waals surface area contributed by atoms with Gasteiger partial charge in [0, 0.05) is 6.08 Å². The van der Waals surface area contributed by atoms with Crippen molar-refractivity contribution in [3.63, 3.8) is 0 Å². The molecule has 0 aromatic heterocycles. The average Bonchev–Trinajstić information content (AvgIpc) is 2.34. The molecule has 1 aliphatic rings. The molecule has 3 nitrogen and oxygen atoms in total. The molecule has 0 radical (unpaired) electrons. The maximum Gasteiger partial charge on any atom is 0.330 e. The second-order valence-electron chi connectivity index (χ2n) is 7.66. The topological polar surface area (TPSA) is 46.5 Å². The van der Waals surface area contributed by atoms with Gasteiger partial charge in [-0.2, -0.15) is 0 Å². The SMILES string of the molecule is COC(=O)C=CC1C=C(C(C)(C)C)C(O)=C(C(C)(C)C)C1. The van der Waals surface area contributed by atoms with Gasteiger partial charge in [-0.25, -0.2) is 4.79 Å². The van der Waals surface area contributed by atoms with Crippen LogP contribution < -0.4 is 0 Å². The number of esters is 1. The third-order valence-electron chi connectivity index (χ3n) is 3.76. The van der Waals surface area contributed by atoms with Gasteiger partial charge in [0.05, 0.1) is 7.11 Å². The number of allylic oxidation sites excluding steroid dienone is 4. The van der Waals surface area contributed by atoms with Crippen LogP contribution in [-0.2, 0) is 9.53 Å². The Labute approximate surface area is 128 Å². The van der Waals surface area contributed by atoms with Crippen molar-refractivity contribution in [1.29, 1.82) is 0 Å². The lowest BCUT2D eigenvalue weighted by molar-refractivity contribution is -0.134. The molecular weight excluding hydrogens is 264 g/mol. The summed E-state index contributed by atoms with van der Waals surface area (Å²) >= 11 is 0. The standard InChI is InChI=1S/C18H28O3/c1-17(2,3)13-10-12(8-9-15(19)21-7)11-14(16(13)20)18(4,5)6/h8-10,12,20H,11H2,1-7H3. The van der Waals surface area contributed by atoms with E-state index in [1.54, 1.807) is 0 Å². The summed E-state index contributed by atoms with van der Waals surface area (Å²) in [5.74, 6) is 0.165. The largest absolute Gasteiger partial charge is 0.508 e. The van der Waals surface area contributed by atoms with Gasteiger partial charge in [0.1, 0.15) is 5.76 Å². The molecule has 1 N–H and O–H groups in total. The van der Waals surface area contributed by atoms with E-state index < -0.39 is 0 Å². The Kier molecular flexibility index (Phi) is 5.08. The lowest BCUT2D eigenvalue weighted by atomic mass is 9.71. The van der Waals surface area contributed by atoms with Crippen molar-refractivity contribution in [2.45, 2.75) is 48.0 Å². The van der Waals surface area contributed by atoms with E-state index in [4.69, 9.17) is 0 Å². The highest BCUT2D eigenvalue weighted by Gasteiger charge is 2.32. The zero-order valence-corrected chi connectivity index (χ0v) is 14.3. The van der Waals surface area contributed by atoms with Gasteiger partial charge in [-0.3, -0.25) is 0 Å². The number of aliphatic hydroxyl groups is 1. The second kappa shape index (κ2) is 6.08. The Morgan fingerprint density at radius 2 is 1.81 bits per heavy atom. The molecule has 0 spiro atoms. The molecule has 0 saturated carbocycles. The molecule has 1 unspecified atom stereocenters. The summed E-state index contributed by atoms with van der Waals surface area (Å²) in [6, 6.07) is 0. The minimum absolute atomic E-state index is 0.100. The number of aliphatic hydroxyl groups excluding tert-OH is 1. The van der Waals surface area contributed by atoms with Crippen LogP contribution in [0.15, 0.2) is 35.1 Å². The van der Waals surface area contributed by atoms with Crippen LogP contribution in [0.2, 0.25) is 0 Å². The third kappa shape index (κ3) is 4.48. The minimum atomic E-state index is -0.350. The molecule has 0 bridgehead atoms. The molecular formula is C18H28O3. The number of rotatable bonds is 2. The van der Waals surface area contributed by atoms with Gasteiger partial charge in [0.25, 0.3) is 0 Å². The summed E-state index contributed by atoms with van der Waals surface area (Å²) in [6.45, 7) is 12.6. The second-order valence-corrected chi connectivity index (χ2v) is 7.66.